The fourth-order valence-electron chi connectivity index (χ4n) is 1.19. The zero-order valence-electron chi connectivity index (χ0n) is 9.04. The van der Waals surface area contributed by atoms with Crippen LogP contribution in [0.15, 0.2) is 24.3 Å². The lowest BCUT2D eigenvalue weighted by molar-refractivity contribution is -0.136. The molecule has 0 unspecified atom stereocenters. The number of aliphatic carboxylic acids is 1. The first-order valence-electron chi connectivity index (χ1n) is 4.55. The van der Waals surface area contributed by atoms with Gasteiger partial charge in [0.25, 0.3) is 0 Å². The number of benzene rings is 1. The predicted octanol–water partition coefficient (Wildman–Crippen LogP) is 0.710. The molecule has 0 saturated carbocycles. The van der Waals surface area contributed by atoms with Crippen LogP contribution in [0.4, 0.5) is 5.69 Å². The smallest absolute Gasteiger partial charge is 0.307 e. The van der Waals surface area contributed by atoms with Crippen molar-refractivity contribution in [3.8, 4) is 0 Å². The van der Waals surface area contributed by atoms with Crippen molar-refractivity contribution in [3.05, 3.63) is 29.8 Å². The molecule has 0 spiro atoms. The van der Waals surface area contributed by atoms with Gasteiger partial charge in [-0.15, -0.1) is 0 Å². The summed E-state index contributed by atoms with van der Waals surface area (Å²) in [6.45, 7) is 0. The summed E-state index contributed by atoms with van der Waals surface area (Å²) in [7, 11) is -1.83. The Hall–Kier alpha value is -1.56. The Bertz CT molecular complexity index is 478. The molecule has 88 valence electrons. The lowest BCUT2D eigenvalue weighted by Crippen LogP contribution is -2.24. The van der Waals surface area contributed by atoms with E-state index in [-0.39, 0.29) is 6.42 Å². The van der Waals surface area contributed by atoms with Gasteiger partial charge in [0.1, 0.15) is 0 Å². The van der Waals surface area contributed by atoms with E-state index >= 15 is 0 Å². The highest BCUT2D eigenvalue weighted by atomic mass is 32.2. The second-order valence-corrected chi connectivity index (χ2v) is 5.48. The zero-order chi connectivity index (χ0) is 12.3. The number of nitrogens with zero attached hydrogens (tertiary/aromatic N) is 1. The van der Waals surface area contributed by atoms with Gasteiger partial charge >= 0.3 is 5.97 Å². The van der Waals surface area contributed by atoms with Crippen LogP contribution in [0.3, 0.4) is 0 Å². The minimum atomic E-state index is -3.27. The SMILES string of the molecule is CN(c1ccc(CC(=O)O)cc1)S(C)(=O)=O. The zero-order valence-corrected chi connectivity index (χ0v) is 9.86. The third kappa shape index (κ3) is 3.23. The number of carbonyl (C=O) groups is 1. The Morgan fingerprint density at radius 1 is 1.31 bits per heavy atom. The van der Waals surface area contributed by atoms with E-state index in [0.717, 1.165) is 10.6 Å². The molecule has 0 saturated heterocycles. The average molecular weight is 243 g/mol. The molecule has 1 N–H and O–H groups in total. The Labute approximate surface area is 94.4 Å². The minimum absolute atomic E-state index is 0.0666. The van der Waals surface area contributed by atoms with E-state index in [0.29, 0.717) is 11.3 Å². The molecule has 0 radical (unpaired) electrons. The first-order valence-corrected chi connectivity index (χ1v) is 6.40. The second kappa shape index (κ2) is 4.52. The van der Waals surface area contributed by atoms with Crippen LogP contribution in [-0.4, -0.2) is 32.8 Å². The second-order valence-electron chi connectivity index (χ2n) is 3.47. The van der Waals surface area contributed by atoms with E-state index in [9.17, 15) is 13.2 Å². The van der Waals surface area contributed by atoms with Crippen LogP contribution >= 0.6 is 0 Å². The standard InChI is InChI=1S/C10H13NO4S/c1-11(16(2,14)15)9-5-3-8(4-6-9)7-10(12)13/h3-6H,7H2,1-2H3,(H,12,13). The topological polar surface area (TPSA) is 74.7 Å². The molecule has 6 heteroatoms. The summed E-state index contributed by atoms with van der Waals surface area (Å²) < 4.78 is 23.6. The van der Waals surface area contributed by atoms with Gasteiger partial charge in [-0.25, -0.2) is 8.42 Å². The van der Waals surface area contributed by atoms with Crippen LogP contribution in [0.1, 0.15) is 5.56 Å². The van der Waals surface area contributed by atoms with Crippen LogP contribution in [0.5, 0.6) is 0 Å². The van der Waals surface area contributed by atoms with Gasteiger partial charge in [-0.2, -0.15) is 0 Å². The number of anilines is 1. The molecule has 0 aromatic heterocycles. The average Bonchev–Trinajstić information content (AvgIpc) is 2.15. The first kappa shape index (κ1) is 12.5. The van der Waals surface area contributed by atoms with Crippen molar-refractivity contribution >= 4 is 21.7 Å². The van der Waals surface area contributed by atoms with Gasteiger partial charge in [-0.05, 0) is 17.7 Å². The molecule has 0 amide bonds. The Morgan fingerprint density at radius 3 is 2.19 bits per heavy atom. The molecule has 0 bridgehead atoms. The molecule has 16 heavy (non-hydrogen) atoms. The van der Waals surface area contributed by atoms with Gasteiger partial charge in [0.2, 0.25) is 10.0 Å². The number of hydrogen-bond acceptors (Lipinski definition) is 3. The largest absolute Gasteiger partial charge is 0.481 e. The summed E-state index contributed by atoms with van der Waals surface area (Å²) >= 11 is 0. The third-order valence-electron chi connectivity index (χ3n) is 2.15. The molecule has 1 aromatic rings. The van der Waals surface area contributed by atoms with Gasteiger partial charge in [-0.1, -0.05) is 12.1 Å². The Kier molecular flexibility index (Phi) is 3.54. The highest BCUT2D eigenvalue weighted by molar-refractivity contribution is 7.92. The van der Waals surface area contributed by atoms with Crippen LogP contribution in [0.2, 0.25) is 0 Å². The summed E-state index contributed by atoms with van der Waals surface area (Å²) in [5.74, 6) is -0.913. The highest BCUT2D eigenvalue weighted by Gasteiger charge is 2.11. The number of carboxylic acid groups (broad SMARTS) is 1. The molecule has 5 nitrogen and oxygen atoms in total. The van der Waals surface area contributed by atoms with Crippen molar-refractivity contribution in [2.75, 3.05) is 17.6 Å². The maximum atomic E-state index is 11.2. The van der Waals surface area contributed by atoms with Crippen molar-refractivity contribution < 1.29 is 18.3 Å². The Balaban J connectivity index is 2.91. The van der Waals surface area contributed by atoms with Crippen molar-refractivity contribution in [2.24, 2.45) is 0 Å². The third-order valence-corrected chi connectivity index (χ3v) is 3.36. The maximum Gasteiger partial charge on any atom is 0.307 e. The first-order chi connectivity index (χ1) is 7.30. The predicted molar refractivity (Wildman–Crippen MR) is 61.0 cm³/mol. The van der Waals surface area contributed by atoms with Crippen LogP contribution in [0, 0.1) is 0 Å². The molecular formula is C10H13NO4S. The molecular weight excluding hydrogens is 230 g/mol. The maximum absolute atomic E-state index is 11.2. The Morgan fingerprint density at radius 2 is 1.81 bits per heavy atom. The number of carboxylic acids is 1. The van der Waals surface area contributed by atoms with Crippen molar-refractivity contribution in [1.82, 2.24) is 0 Å². The summed E-state index contributed by atoms with van der Waals surface area (Å²) in [6.07, 6.45) is 1.04. The summed E-state index contributed by atoms with van der Waals surface area (Å²) in [4.78, 5) is 10.4. The lowest BCUT2D eigenvalue weighted by atomic mass is 10.1. The normalized spacial score (nSPS) is 11.1. The van der Waals surface area contributed by atoms with Crippen LogP contribution in [-0.2, 0) is 21.2 Å². The van der Waals surface area contributed by atoms with E-state index in [1.54, 1.807) is 24.3 Å². The quantitative estimate of drug-likeness (QED) is 0.845. The van der Waals surface area contributed by atoms with Crippen LogP contribution in [0.25, 0.3) is 0 Å². The fraction of sp³-hybridized carbons (Fsp3) is 0.300. The molecule has 0 aliphatic rings. The fourth-order valence-corrected chi connectivity index (χ4v) is 1.69. The van der Waals surface area contributed by atoms with Crippen molar-refractivity contribution in [1.29, 1.82) is 0 Å². The molecule has 1 rings (SSSR count). The van der Waals surface area contributed by atoms with Gasteiger partial charge in [0.05, 0.1) is 18.4 Å². The summed E-state index contributed by atoms with van der Waals surface area (Å²) in [5.41, 5.74) is 1.15. The van der Waals surface area contributed by atoms with Crippen molar-refractivity contribution in [2.45, 2.75) is 6.42 Å². The minimum Gasteiger partial charge on any atom is -0.481 e. The van der Waals surface area contributed by atoms with E-state index in [1.165, 1.54) is 7.05 Å². The van der Waals surface area contributed by atoms with E-state index in [1.807, 2.05) is 0 Å². The molecule has 0 aliphatic carbocycles. The van der Waals surface area contributed by atoms with E-state index in [2.05, 4.69) is 0 Å². The molecule has 0 heterocycles. The molecule has 0 fully saturated rings. The molecule has 0 atom stereocenters. The van der Waals surface area contributed by atoms with Crippen molar-refractivity contribution in [3.63, 3.8) is 0 Å². The number of rotatable bonds is 4. The van der Waals surface area contributed by atoms with Gasteiger partial charge in [0, 0.05) is 7.05 Å². The van der Waals surface area contributed by atoms with Gasteiger partial charge in [-0.3, -0.25) is 9.10 Å². The lowest BCUT2D eigenvalue weighted by Gasteiger charge is -2.16. The monoisotopic (exact) mass is 243 g/mol. The van der Waals surface area contributed by atoms with Gasteiger partial charge in [0.15, 0.2) is 0 Å². The van der Waals surface area contributed by atoms with Crippen LogP contribution < -0.4 is 4.31 Å². The van der Waals surface area contributed by atoms with Gasteiger partial charge < -0.3 is 5.11 Å². The molecule has 1 aromatic carbocycles. The van der Waals surface area contributed by atoms with E-state index in [4.69, 9.17) is 5.11 Å². The summed E-state index contributed by atoms with van der Waals surface area (Å²) in [6, 6.07) is 6.37. The molecule has 0 aliphatic heterocycles. The van der Waals surface area contributed by atoms with E-state index < -0.39 is 16.0 Å². The highest BCUT2D eigenvalue weighted by Crippen LogP contribution is 2.16. The number of hydrogen-bond donors (Lipinski definition) is 1. The summed E-state index contributed by atoms with van der Waals surface area (Å²) in [5, 5.41) is 8.57. The number of sulfonamides is 1.